The smallest absolute Gasteiger partial charge is 0.134 e. The molecular formula is C15H17N3O. The van der Waals surface area contributed by atoms with Crippen molar-refractivity contribution in [2.45, 2.75) is 20.0 Å². The van der Waals surface area contributed by atoms with Crippen LogP contribution in [0.2, 0.25) is 0 Å². The molecular weight excluding hydrogens is 238 g/mol. The van der Waals surface area contributed by atoms with Crippen LogP contribution in [0.15, 0.2) is 30.3 Å². The van der Waals surface area contributed by atoms with Crippen molar-refractivity contribution in [2.75, 3.05) is 18.0 Å². The van der Waals surface area contributed by atoms with Crippen molar-refractivity contribution < 1.29 is 5.11 Å². The van der Waals surface area contributed by atoms with Crippen LogP contribution in [-0.4, -0.2) is 23.2 Å². The molecule has 0 unspecified atom stereocenters. The Hall–Kier alpha value is -2.12. The Labute approximate surface area is 112 Å². The number of hydrogen-bond acceptors (Lipinski definition) is 4. The molecule has 0 bridgehead atoms. The molecule has 1 heterocycles. The Kier molecular flexibility index (Phi) is 4.32. The second-order valence-electron chi connectivity index (χ2n) is 4.31. The number of rotatable bonds is 5. The standard InChI is InChI=1S/C15H17N3O/c1-2-18(9-5-8-16)15-13(11-19)10-12-6-3-4-7-14(12)17-15/h3-4,6-7,10,19H,2,5,9,11H2,1H3. The lowest BCUT2D eigenvalue weighted by atomic mass is 10.1. The maximum Gasteiger partial charge on any atom is 0.134 e. The predicted molar refractivity (Wildman–Crippen MR) is 75.8 cm³/mol. The van der Waals surface area contributed by atoms with Gasteiger partial charge in [0.2, 0.25) is 0 Å². The average molecular weight is 255 g/mol. The summed E-state index contributed by atoms with van der Waals surface area (Å²) in [5, 5.41) is 19.2. The Morgan fingerprint density at radius 3 is 2.84 bits per heavy atom. The monoisotopic (exact) mass is 255 g/mol. The zero-order valence-electron chi connectivity index (χ0n) is 11.0. The molecule has 0 aliphatic carbocycles. The van der Waals surface area contributed by atoms with Gasteiger partial charge in [0.15, 0.2) is 0 Å². The van der Waals surface area contributed by atoms with E-state index in [2.05, 4.69) is 11.1 Å². The van der Waals surface area contributed by atoms with E-state index in [0.717, 1.165) is 28.8 Å². The quantitative estimate of drug-likeness (QED) is 0.891. The summed E-state index contributed by atoms with van der Waals surface area (Å²) in [6.45, 7) is 3.37. The number of aliphatic hydroxyl groups is 1. The molecule has 0 saturated carbocycles. The fraction of sp³-hybridized carbons (Fsp3) is 0.333. The van der Waals surface area contributed by atoms with Crippen molar-refractivity contribution in [1.29, 1.82) is 5.26 Å². The van der Waals surface area contributed by atoms with Gasteiger partial charge in [-0.1, -0.05) is 18.2 Å². The topological polar surface area (TPSA) is 60.2 Å². The first kappa shape index (κ1) is 13.3. The van der Waals surface area contributed by atoms with Crippen LogP contribution in [0.3, 0.4) is 0 Å². The van der Waals surface area contributed by atoms with E-state index in [1.54, 1.807) is 0 Å². The molecule has 0 aliphatic heterocycles. The minimum Gasteiger partial charge on any atom is -0.392 e. The largest absolute Gasteiger partial charge is 0.392 e. The van der Waals surface area contributed by atoms with Gasteiger partial charge < -0.3 is 10.0 Å². The van der Waals surface area contributed by atoms with Crippen LogP contribution in [0.5, 0.6) is 0 Å². The molecule has 0 aliphatic rings. The molecule has 0 spiro atoms. The first-order chi connectivity index (χ1) is 9.30. The summed E-state index contributed by atoms with van der Waals surface area (Å²) in [5.74, 6) is 0.777. The van der Waals surface area contributed by atoms with Crippen LogP contribution in [0.1, 0.15) is 18.9 Å². The van der Waals surface area contributed by atoms with Gasteiger partial charge in [-0.2, -0.15) is 5.26 Å². The second kappa shape index (κ2) is 6.17. The van der Waals surface area contributed by atoms with Crippen molar-refractivity contribution in [3.63, 3.8) is 0 Å². The van der Waals surface area contributed by atoms with Crippen LogP contribution < -0.4 is 4.90 Å². The summed E-state index contributed by atoms with van der Waals surface area (Å²) >= 11 is 0. The maximum absolute atomic E-state index is 9.52. The number of pyridine rings is 1. The average Bonchev–Trinajstić information content (AvgIpc) is 2.47. The van der Waals surface area contributed by atoms with Gasteiger partial charge >= 0.3 is 0 Å². The van der Waals surface area contributed by atoms with Crippen molar-refractivity contribution in [3.8, 4) is 6.07 Å². The van der Waals surface area contributed by atoms with Gasteiger partial charge in [0.1, 0.15) is 5.82 Å². The zero-order valence-corrected chi connectivity index (χ0v) is 11.0. The van der Waals surface area contributed by atoms with Gasteiger partial charge in [-0.15, -0.1) is 0 Å². The lowest BCUT2D eigenvalue weighted by Crippen LogP contribution is -2.26. The van der Waals surface area contributed by atoms with Gasteiger partial charge in [0.25, 0.3) is 0 Å². The molecule has 0 radical (unpaired) electrons. The van der Waals surface area contributed by atoms with E-state index in [4.69, 9.17) is 5.26 Å². The van der Waals surface area contributed by atoms with Gasteiger partial charge in [-0.05, 0) is 19.1 Å². The highest BCUT2D eigenvalue weighted by Gasteiger charge is 2.12. The van der Waals surface area contributed by atoms with Gasteiger partial charge in [-0.25, -0.2) is 4.98 Å². The van der Waals surface area contributed by atoms with Crippen molar-refractivity contribution in [2.24, 2.45) is 0 Å². The molecule has 0 atom stereocenters. The Morgan fingerprint density at radius 1 is 1.37 bits per heavy atom. The van der Waals surface area contributed by atoms with Crippen LogP contribution in [0, 0.1) is 11.3 Å². The number of anilines is 1. The summed E-state index contributed by atoms with van der Waals surface area (Å²) < 4.78 is 0. The molecule has 19 heavy (non-hydrogen) atoms. The summed E-state index contributed by atoms with van der Waals surface area (Å²) in [7, 11) is 0. The molecule has 0 fully saturated rings. The predicted octanol–water partition coefficient (Wildman–Crippen LogP) is 2.47. The summed E-state index contributed by atoms with van der Waals surface area (Å²) in [5.41, 5.74) is 1.71. The van der Waals surface area contributed by atoms with Crippen molar-refractivity contribution in [3.05, 3.63) is 35.9 Å². The third-order valence-corrected chi connectivity index (χ3v) is 3.13. The van der Waals surface area contributed by atoms with E-state index >= 15 is 0 Å². The highest BCUT2D eigenvalue weighted by atomic mass is 16.3. The van der Waals surface area contributed by atoms with E-state index in [1.165, 1.54) is 0 Å². The highest BCUT2D eigenvalue weighted by Crippen LogP contribution is 2.23. The second-order valence-corrected chi connectivity index (χ2v) is 4.31. The number of para-hydroxylation sites is 1. The van der Waals surface area contributed by atoms with E-state index < -0.39 is 0 Å². The first-order valence-electron chi connectivity index (χ1n) is 6.41. The third kappa shape index (κ3) is 2.83. The molecule has 1 aromatic heterocycles. The minimum absolute atomic E-state index is 0.0454. The highest BCUT2D eigenvalue weighted by molar-refractivity contribution is 5.81. The molecule has 1 N–H and O–H groups in total. The SMILES string of the molecule is CCN(CCC#N)c1nc2ccccc2cc1CO. The summed E-state index contributed by atoms with van der Waals surface area (Å²) in [6, 6.07) is 12.0. The number of nitrogens with zero attached hydrogens (tertiary/aromatic N) is 3. The van der Waals surface area contributed by atoms with Crippen LogP contribution in [-0.2, 0) is 6.61 Å². The molecule has 0 saturated heterocycles. The van der Waals surface area contributed by atoms with Crippen LogP contribution in [0.4, 0.5) is 5.82 Å². The van der Waals surface area contributed by atoms with E-state index in [1.807, 2.05) is 42.2 Å². The van der Waals surface area contributed by atoms with Gasteiger partial charge in [0, 0.05) is 24.0 Å². The number of aromatic nitrogens is 1. The summed E-state index contributed by atoms with van der Waals surface area (Å²) in [6.07, 6.45) is 0.452. The zero-order chi connectivity index (χ0) is 13.7. The lowest BCUT2D eigenvalue weighted by Gasteiger charge is -2.23. The molecule has 2 aromatic rings. The van der Waals surface area contributed by atoms with Crippen LogP contribution in [0.25, 0.3) is 10.9 Å². The Morgan fingerprint density at radius 2 is 2.16 bits per heavy atom. The van der Waals surface area contributed by atoms with Crippen molar-refractivity contribution >= 4 is 16.7 Å². The number of aliphatic hydroxyl groups excluding tert-OH is 1. The number of benzene rings is 1. The normalized spacial score (nSPS) is 10.4. The third-order valence-electron chi connectivity index (χ3n) is 3.13. The fourth-order valence-electron chi connectivity index (χ4n) is 2.14. The molecule has 2 rings (SSSR count). The lowest BCUT2D eigenvalue weighted by molar-refractivity contribution is 0.282. The molecule has 98 valence electrons. The van der Waals surface area contributed by atoms with E-state index in [-0.39, 0.29) is 6.61 Å². The Balaban J connectivity index is 2.47. The Bertz CT molecular complexity index is 604. The fourth-order valence-corrected chi connectivity index (χ4v) is 2.14. The van der Waals surface area contributed by atoms with E-state index in [0.29, 0.717) is 13.0 Å². The number of fused-ring (bicyclic) bond motifs is 1. The number of nitriles is 1. The van der Waals surface area contributed by atoms with Gasteiger partial charge in [0.05, 0.1) is 24.6 Å². The minimum atomic E-state index is -0.0454. The van der Waals surface area contributed by atoms with Gasteiger partial charge in [-0.3, -0.25) is 0 Å². The molecule has 0 amide bonds. The van der Waals surface area contributed by atoms with Crippen LogP contribution >= 0.6 is 0 Å². The van der Waals surface area contributed by atoms with E-state index in [9.17, 15) is 5.11 Å². The maximum atomic E-state index is 9.52. The molecule has 4 heteroatoms. The van der Waals surface area contributed by atoms with Crippen molar-refractivity contribution in [1.82, 2.24) is 4.98 Å². The number of hydrogen-bond donors (Lipinski definition) is 1. The molecule has 1 aromatic carbocycles. The molecule has 4 nitrogen and oxygen atoms in total. The summed E-state index contributed by atoms with van der Waals surface area (Å²) in [4.78, 5) is 6.66. The first-order valence-corrected chi connectivity index (χ1v) is 6.41.